The summed E-state index contributed by atoms with van der Waals surface area (Å²) in [6.45, 7) is 7.72. The number of nitrogens with zero attached hydrogens (tertiary/aromatic N) is 6. The molecule has 0 aromatic carbocycles. The predicted octanol–water partition coefficient (Wildman–Crippen LogP) is 0.706. The van der Waals surface area contributed by atoms with Crippen molar-refractivity contribution in [1.82, 2.24) is 19.9 Å². The van der Waals surface area contributed by atoms with Gasteiger partial charge in [0.1, 0.15) is 11.6 Å². The van der Waals surface area contributed by atoms with E-state index >= 15 is 0 Å². The molecule has 2 aromatic rings. The van der Waals surface area contributed by atoms with E-state index in [0.29, 0.717) is 23.9 Å². The Labute approximate surface area is 153 Å². The summed E-state index contributed by atoms with van der Waals surface area (Å²) in [5, 5.41) is 18.5. The topological polar surface area (TPSA) is 98.5 Å². The van der Waals surface area contributed by atoms with E-state index in [1.54, 1.807) is 12.3 Å². The first kappa shape index (κ1) is 18.5. The summed E-state index contributed by atoms with van der Waals surface area (Å²) in [5.74, 6) is 2.20. The number of aryl methyl sites for hydroxylation is 1. The van der Waals surface area contributed by atoms with Gasteiger partial charge in [0.2, 0.25) is 5.95 Å². The van der Waals surface area contributed by atoms with Crippen LogP contribution < -0.4 is 9.80 Å². The normalized spacial score (nSPS) is 20.5. The second-order valence-electron chi connectivity index (χ2n) is 6.77. The van der Waals surface area contributed by atoms with Crippen LogP contribution in [-0.4, -0.2) is 61.9 Å². The van der Waals surface area contributed by atoms with E-state index in [-0.39, 0.29) is 25.3 Å². The number of hydrogen-bond acceptors (Lipinski definition) is 8. The molecule has 3 heterocycles. The molecule has 3 rings (SSSR count). The summed E-state index contributed by atoms with van der Waals surface area (Å²) >= 11 is 0. The Morgan fingerprint density at radius 2 is 1.85 bits per heavy atom. The molecule has 0 saturated carbocycles. The van der Waals surface area contributed by atoms with Gasteiger partial charge in [0.25, 0.3) is 0 Å². The highest BCUT2D eigenvalue weighted by Crippen LogP contribution is 2.25. The molecule has 1 aliphatic heterocycles. The molecule has 0 unspecified atom stereocenters. The van der Waals surface area contributed by atoms with Gasteiger partial charge in [0, 0.05) is 43.5 Å². The predicted molar refractivity (Wildman–Crippen MR) is 99.1 cm³/mol. The maximum absolute atomic E-state index is 9.43. The average Bonchev–Trinajstić information content (AvgIpc) is 2.61. The molecule has 0 radical (unpaired) electrons. The van der Waals surface area contributed by atoms with E-state index in [9.17, 15) is 5.11 Å². The Bertz CT molecular complexity index is 744. The van der Waals surface area contributed by atoms with E-state index in [1.165, 1.54) is 0 Å². The fraction of sp³-hybridized carbons (Fsp3) is 0.556. The molecule has 0 spiro atoms. The number of aliphatic hydroxyl groups is 2. The Balaban J connectivity index is 1.81. The van der Waals surface area contributed by atoms with Crippen LogP contribution >= 0.6 is 0 Å². The van der Waals surface area contributed by atoms with Crippen molar-refractivity contribution in [2.75, 3.05) is 29.5 Å². The molecule has 0 aliphatic carbocycles. The van der Waals surface area contributed by atoms with Crippen molar-refractivity contribution < 1.29 is 10.2 Å². The molecule has 1 fully saturated rings. The highest BCUT2D eigenvalue weighted by atomic mass is 16.3. The van der Waals surface area contributed by atoms with Crippen molar-refractivity contribution in [2.45, 2.75) is 45.9 Å². The van der Waals surface area contributed by atoms with Gasteiger partial charge < -0.3 is 20.0 Å². The van der Waals surface area contributed by atoms with Gasteiger partial charge in [0.15, 0.2) is 0 Å². The summed E-state index contributed by atoms with van der Waals surface area (Å²) < 4.78 is 0. The highest BCUT2D eigenvalue weighted by Gasteiger charge is 2.32. The van der Waals surface area contributed by atoms with Crippen LogP contribution in [-0.2, 0) is 13.0 Å². The second-order valence-corrected chi connectivity index (χ2v) is 6.77. The van der Waals surface area contributed by atoms with E-state index in [0.717, 1.165) is 24.6 Å². The molecule has 0 amide bonds. The van der Waals surface area contributed by atoms with Crippen molar-refractivity contribution in [3.8, 4) is 0 Å². The first-order chi connectivity index (χ1) is 12.5. The number of aromatic nitrogens is 4. The smallest absolute Gasteiger partial charge is 0.226 e. The first-order valence-electron chi connectivity index (χ1n) is 8.93. The number of hydrogen-bond donors (Lipinski definition) is 2. The molecule has 0 bridgehead atoms. The molecular weight excluding hydrogens is 332 g/mol. The second kappa shape index (κ2) is 7.92. The van der Waals surface area contributed by atoms with Gasteiger partial charge in [-0.15, -0.1) is 0 Å². The lowest BCUT2D eigenvalue weighted by atomic mass is 10.1. The summed E-state index contributed by atoms with van der Waals surface area (Å²) in [4.78, 5) is 22.3. The van der Waals surface area contributed by atoms with Crippen molar-refractivity contribution in [1.29, 1.82) is 0 Å². The quantitative estimate of drug-likeness (QED) is 0.806. The minimum absolute atomic E-state index is 0.0436. The Hall–Kier alpha value is -2.32. The maximum Gasteiger partial charge on any atom is 0.226 e. The molecule has 2 aromatic heterocycles. The zero-order chi connectivity index (χ0) is 18.7. The minimum Gasteiger partial charge on any atom is -0.396 e. The molecule has 26 heavy (non-hydrogen) atoms. The van der Waals surface area contributed by atoms with Crippen LogP contribution in [0.5, 0.6) is 0 Å². The monoisotopic (exact) mass is 358 g/mol. The van der Waals surface area contributed by atoms with Crippen molar-refractivity contribution in [2.24, 2.45) is 0 Å². The lowest BCUT2D eigenvalue weighted by molar-refractivity contribution is 0.276. The zero-order valence-electron chi connectivity index (χ0n) is 15.5. The summed E-state index contributed by atoms with van der Waals surface area (Å²) in [5.41, 5.74) is 1.49. The van der Waals surface area contributed by atoms with Crippen LogP contribution in [0, 0.1) is 6.92 Å². The van der Waals surface area contributed by atoms with Gasteiger partial charge in [0.05, 0.1) is 18.9 Å². The van der Waals surface area contributed by atoms with Gasteiger partial charge in [-0.3, -0.25) is 0 Å². The van der Waals surface area contributed by atoms with Crippen LogP contribution in [0.3, 0.4) is 0 Å². The third-order valence-corrected chi connectivity index (χ3v) is 4.56. The van der Waals surface area contributed by atoms with Crippen LogP contribution in [0.4, 0.5) is 11.8 Å². The van der Waals surface area contributed by atoms with Gasteiger partial charge in [-0.2, -0.15) is 0 Å². The Kier molecular flexibility index (Phi) is 5.63. The number of anilines is 2. The third-order valence-electron chi connectivity index (χ3n) is 4.56. The van der Waals surface area contributed by atoms with Crippen LogP contribution in [0.15, 0.2) is 18.3 Å². The lowest BCUT2D eigenvalue weighted by Crippen LogP contribution is -2.58. The van der Waals surface area contributed by atoms with Crippen LogP contribution in [0.25, 0.3) is 0 Å². The standard InChI is InChI=1S/C18H26N6O2/c1-12-8-15(11-26)21-18(20-12)24-13(2)9-23(10-14(24)3)17-4-6-19-16(22-17)5-7-25/h4,6,8,13-14,25-26H,5,7,9-11H2,1-3H3/t13-,14+. The molecular formula is C18H26N6O2. The maximum atomic E-state index is 9.43. The van der Waals surface area contributed by atoms with Gasteiger partial charge in [-0.1, -0.05) is 0 Å². The highest BCUT2D eigenvalue weighted by molar-refractivity contribution is 5.45. The Morgan fingerprint density at radius 3 is 2.50 bits per heavy atom. The fourth-order valence-corrected chi connectivity index (χ4v) is 3.50. The largest absolute Gasteiger partial charge is 0.396 e. The van der Waals surface area contributed by atoms with E-state index in [1.807, 2.05) is 13.0 Å². The van der Waals surface area contributed by atoms with Crippen LogP contribution in [0.1, 0.15) is 31.1 Å². The summed E-state index contributed by atoms with van der Waals surface area (Å²) in [6, 6.07) is 4.08. The molecule has 140 valence electrons. The van der Waals surface area contributed by atoms with E-state index in [2.05, 4.69) is 43.6 Å². The van der Waals surface area contributed by atoms with Crippen LogP contribution in [0.2, 0.25) is 0 Å². The van der Waals surface area contributed by atoms with Gasteiger partial charge in [-0.05, 0) is 32.9 Å². The third kappa shape index (κ3) is 3.91. The number of rotatable bonds is 5. The van der Waals surface area contributed by atoms with E-state index in [4.69, 9.17) is 5.11 Å². The van der Waals surface area contributed by atoms with Gasteiger partial charge in [-0.25, -0.2) is 19.9 Å². The SMILES string of the molecule is Cc1cc(CO)nc(N2[C@H](C)CN(c3ccnc(CCO)n3)C[C@@H]2C)n1. The molecule has 2 N–H and O–H groups in total. The Morgan fingerprint density at radius 1 is 1.12 bits per heavy atom. The minimum atomic E-state index is -0.0896. The fourth-order valence-electron chi connectivity index (χ4n) is 3.50. The molecule has 1 saturated heterocycles. The summed E-state index contributed by atoms with van der Waals surface area (Å²) in [6.07, 6.45) is 2.20. The van der Waals surface area contributed by atoms with Crippen molar-refractivity contribution in [3.05, 3.63) is 35.5 Å². The zero-order valence-corrected chi connectivity index (χ0v) is 15.5. The molecule has 2 atom stereocenters. The number of aliphatic hydroxyl groups excluding tert-OH is 2. The first-order valence-corrected chi connectivity index (χ1v) is 8.93. The lowest BCUT2D eigenvalue weighted by Gasteiger charge is -2.45. The van der Waals surface area contributed by atoms with E-state index < -0.39 is 0 Å². The van der Waals surface area contributed by atoms with Crippen molar-refractivity contribution in [3.63, 3.8) is 0 Å². The number of piperazine rings is 1. The summed E-state index contributed by atoms with van der Waals surface area (Å²) in [7, 11) is 0. The average molecular weight is 358 g/mol. The molecule has 1 aliphatic rings. The van der Waals surface area contributed by atoms with Gasteiger partial charge >= 0.3 is 0 Å². The molecule has 8 nitrogen and oxygen atoms in total. The molecule has 8 heteroatoms. The van der Waals surface area contributed by atoms with Crippen molar-refractivity contribution >= 4 is 11.8 Å².